The Hall–Kier alpha value is -2.12. The van der Waals surface area contributed by atoms with Crippen molar-refractivity contribution in [3.05, 3.63) is 35.2 Å². The highest BCUT2D eigenvalue weighted by atomic mass is 32.1. The Kier molecular flexibility index (Phi) is 3.53. The van der Waals surface area contributed by atoms with E-state index >= 15 is 0 Å². The van der Waals surface area contributed by atoms with Gasteiger partial charge in [0.1, 0.15) is 5.69 Å². The molecule has 1 N–H and O–H groups in total. The Labute approximate surface area is 120 Å². The molecule has 0 aliphatic rings. The zero-order chi connectivity index (χ0) is 13.9. The second kappa shape index (κ2) is 5.48. The molecule has 2 aromatic heterocycles. The average molecular weight is 287 g/mol. The van der Waals surface area contributed by atoms with E-state index < -0.39 is 0 Å². The summed E-state index contributed by atoms with van der Waals surface area (Å²) in [5.74, 6) is 0.672. The minimum absolute atomic E-state index is 0.548. The maximum absolute atomic E-state index is 5.22. The Bertz CT molecular complexity index is 795. The highest BCUT2D eigenvalue weighted by molar-refractivity contribution is 7.71. The number of hydrogen-bond acceptors (Lipinski definition) is 5. The van der Waals surface area contributed by atoms with E-state index in [0.717, 1.165) is 11.0 Å². The van der Waals surface area contributed by atoms with Crippen LogP contribution in [-0.4, -0.2) is 38.4 Å². The zero-order valence-electron chi connectivity index (χ0n) is 10.9. The average Bonchev–Trinajstić information content (AvgIpc) is 2.85. The lowest BCUT2D eigenvalue weighted by atomic mass is 10.3. The highest BCUT2D eigenvalue weighted by Crippen LogP contribution is 2.17. The van der Waals surface area contributed by atoms with Crippen molar-refractivity contribution < 1.29 is 4.74 Å². The molecule has 0 saturated carbocycles. The van der Waals surface area contributed by atoms with Crippen molar-refractivity contribution in [2.45, 2.75) is 6.54 Å². The van der Waals surface area contributed by atoms with Crippen molar-refractivity contribution in [2.75, 3.05) is 13.7 Å². The summed E-state index contributed by atoms with van der Waals surface area (Å²) in [6.45, 7) is 1.18. The molecule has 0 aliphatic carbocycles. The van der Waals surface area contributed by atoms with E-state index in [1.54, 1.807) is 13.3 Å². The van der Waals surface area contributed by atoms with E-state index in [1.807, 2.05) is 28.8 Å². The first-order valence-electron chi connectivity index (χ1n) is 6.16. The van der Waals surface area contributed by atoms with Gasteiger partial charge in [0.2, 0.25) is 0 Å². The molecule has 0 spiro atoms. The fraction of sp³-hybridized carbons (Fsp3) is 0.231. The quantitative estimate of drug-likeness (QED) is 0.745. The van der Waals surface area contributed by atoms with Crippen LogP contribution in [0.25, 0.3) is 22.6 Å². The number of H-pyrrole nitrogens is 1. The lowest BCUT2D eigenvalue weighted by molar-refractivity contribution is 0.187. The zero-order valence-corrected chi connectivity index (χ0v) is 11.7. The van der Waals surface area contributed by atoms with Gasteiger partial charge in [0, 0.05) is 7.11 Å². The SMILES string of the molecule is COCCn1c(-c2cnc3ccccc3n2)n[nH]c1=S. The molecule has 3 aromatic rings. The summed E-state index contributed by atoms with van der Waals surface area (Å²) in [6, 6.07) is 7.72. The maximum Gasteiger partial charge on any atom is 0.195 e. The van der Waals surface area contributed by atoms with Crippen LogP contribution >= 0.6 is 12.2 Å². The largest absolute Gasteiger partial charge is 0.383 e. The van der Waals surface area contributed by atoms with Crippen molar-refractivity contribution in [3.8, 4) is 11.5 Å². The number of nitrogens with zero attached hydrogens (tertiary/aromatic N) is 4. The number of ether oxygens (including phenoxy) is 1. The van der Waals surface area contributed by atoms with E-state index in [1.165, 1.54) is 0 Å². The molecule has 0 saturated heterocycles. The molecule has 0 amide bonds. The number of nitrogens with one attached hydrogen (secondary N) is 1. The van der Waals surface area contributed by atoms with Gasteiger partial charge in [-0.05, 0) is 24.4 Å². The van der Waals surface area contributed by atoms with Crippen molar-refractivity contribution in [3.63, 3.8) is 0 Å². The third-order valence-corrected chi connectivity index (χ3v) is 3.27. The third-order valence-electron chi connectivity index (χ3n) is 2.95. The van der Waals surface area contributed by atoms with Gasteiger partial charge in [-0.3, -0.25) is 14.6 Å². The Balaban J connectivity index is 2.08. The molecule has 7 heteroatoms. The molecule has 20 heavy (non-hydrogen) atoms. The van der Waals surface area contributed by atoms with Gasteiger partial charge in [0.15, 0.2) is 10.6 Å². The standard InChI is InChI=1S/C13H13N5OS/c1-19-7-6-18-12(16-17-13(18)20)11-8-14-9-4-2-3-5-10(9)15-11/h2-5,8H,6-7H2,1H3,(H,17,20). The minimum atomic E-state index is 0.548. The summed E-state index contributed by atoms with van der Waals surface area (Å²) < 4.78 is 7.49. The summed E-state index contributed by atoms with van der Waals surface area (Å²) in [5.41, 5.74) is 2.37. The van der Waals surface area contributed by atoms with Crippen molar-refractivity contribution in [1.82, 2.24) is 24.7 Å². The first-order valence-corrected chi connectivity index (χ1v) is 6.56. The van der Waals surface area contributed by atoms with Gasteiger partial charge >= 0.3 is 0 Å². The van der Waals surface area contributed by atoms with Crippen LogP contribution in [0, 0.1) is 4.77 Å². The summed E-state index contributed by atoms with van der Waals surface area (Å²) in [7, 11) is 1.65. The van der Waals surface area contributed by atoms with Crippen LogP contribution in [0.4, 0.5) is 0 Å². The van der Waals surface area contributed by atoms with E-state index in [9.17, 15) is 0 Å². The van der Waals surface area contributed by atoms with Gasteiger partial charge in [-0.2, -0.15) is 5.10 Å². The molecule has 0 aliphatic heterocycles. The third kappa shape index (κ3) is 2.33. The van der Waals surface area contributed by atoms with Crippen LogP contribution in [0.1, 0.15) is 0 Å². The van der Waals surface area contributed by atoms with Gasteiger partial charge < -0.3 is 4.74 Å². The molecule has 0 radical (unpaired) electrons. The molecular weight excluding hydrogens is 274 g/mol. The fourth-order valence-electron chi connectivity index (χ4n) is 1.97. The first kappa shape index (κ1) is 12.9. The van der Waals surface area contributed by atoms with E-state index in [2.05, 4.69) is 20.2 Å². The van der Waals surface area contributed by atoms with Crippen LogP contribution in [0.15, 0.2) is 30.5 Å². The summed E-state index contributed by atoms with van der Waals surface area (Å²) >= 11 is 5.22. The molecule has 0 unspecified atom stereocenters. The molecular formula is C13H13N5OS. The van der Waals surface area contributed by atoms with E-state index in [4.69, 9.17) is 17.0 Å². The number of aromatic amines is 1. The van der Waals surface area contributed by atoms with Gasteiger partial charge in [0.05, 0.1) is 30.4 Å². The van der Waals surface area contributed by atoms with E-state index in [-0.39, 0.29) is 0 Å². The molecule has 0 bridgehead atoms. The Morgan fingerprint density at radius 2 is 2.10 bits per heavy atom. The lowest BCUT2D eigenvalue weighted by Gasteiger charge is -2.06. The lowest BCUT2D eigenvalue weighted by Crippen LogP contribution is -2.07. The van der Waals surface area contributed by atoms with Crippen LogP contribution in [0.2, 0.25) is 0 Å². The number of fused-ring (bicyclic) bond motifs is 1. The number of hydrogen-bond donors (Lipinski definition) is 1. The van der Waals surface area contributed by atoms with Crippen LogP contribution in [0.5, 0.6) is 0 Å². The molecule has 102 valence electrons. The molecule has 2 heterocycles. The highest BCUT2D eigenvalue weighted by Gasteiger charge is 2.11. The smallest absolute Gasteiger partial charge is 0.195 e. The second-order valence-corrected chi connectivity index (χ2v) is 4.63. The van der Waals surface area contributed by atoms with Gasteiger partial charge in [-0.15, -0.1) is 0 Å². The molecule has 1 aromatic carbocycles. The molecule has 0 fully saturated rings. The normalized spacial score (nSPS) is 11.1. The first-order chi connectivity index (χ1) is 9.79. The Morgan fingerprint density at radius 3 is 2.90 bits per heavy atom. The molecule has 3 rings (SSSR count). The summed E-state index contributed by atoms with van der Waals surface area (Å²) in [6.07, 6.45) is 1.70. The van der Waals surface area contributed by atoms with Crippen LogP contribution < -0.4 is 0 Å². The van der Waals surface area contributed by atoms with Crippen molar-refractivity contribution in [1.29, 1.82) is 0 Å². The summed E-state index contributed by atoms with van der Waals surface area (Å²) in [5, 5.41) is 7.02. The number of benzene rings is 1. The predicted molar refractivity (Wildman–Crippen MR) is 77.8 cm³/mol. The van der Waals surface area contributed by atoms with Crippen molar-refractivity contribution >= 4 is 23.3 Å². The van der Waals surface area contributed by atoms with Crippen molar-refractivity contribution in [2.24, 2.45) is 0 Å². The van der Waals surface area contributed by atoms with Gasteiger partial charge in [-0.25, -0.2) is 4.98 Å². The predicted octanol–water partition coefficient (Wildman–Crippen LogP) is 2.20. The second-order valence-electron chi connectivity index (χ2n) is 4.24. The number of rotatable bonds is 4. The topological polar surface area (TPSA) is 68.6 Å². The van der Waals surface area contributed by atoms with Gasteiger partial charge in [0.25, 0.3) is 0 Å². The maximum atomic E-state index is 5.22. The minimum Gasteiger partial charge on any atom is -0.383 e. The number of para-hydroxylation sites is 2. The van der Waals surface area contributed by atoms with Crippen LogP contribution in [0.3, 0.4) is 0 Å². The van der Waals surface area contributed by atoms with E-state index in [0.29, 0.717) is 29.4 Å². The van der Waals surface area contributed by atoms with Gasteiger partial charge in [-0.1, -0.05) is 12.1 Å². The monoisotopic (exact) mass is 287 g/mol. The molecule has 6 nitrogen and oxygen atoms in total. The molecule has 0 atom stereocenters. The number of methoxy groups -OCH3 is 1. The van der Waals surface area contributed by atoms with Crippen LogP contribution in [-0.2, 0) is 11.3 Å². The fourth-order valence-corrected chi connectivity index (χ4v) is 2.19. The number of aromatic nitrogens is 5. The Morgan fingerprint density at radius 1 is 1.30 bits per heavy atom. The summed E-state index contributed by atoms with van der Waals surface area (Å²) in [4.78, 5) is 8.97.